The third-order valence-corrected chi connectivity index (χ3v) is 6.82. The Balaban J connectivity index is 2.13. The Morgan fingerprint density at radius 2 is 1.93 bits per heavy atom. The van der Waals surface area contributed by atoms with Crippen LogP contribution in [0.15, 0.2) is 40.8 Å². The second-order valence-corrected chi connectivity index (χ2v) is 9.31. The molecule has 0 amide bonds. The van der Waals surface area contributed by atoms with Crippen LogP contribution in [0.25, 0.3) is 0 Å². The fourth-order valence-electron chi connectivity index (χ4n) is 3.76. The van der Waals surface area contributed by atoms with Gasteiger partial charge in [-0.25, -0.2) is 13.1 Å². The van der Waals surface area contributed by atoms with E-state index in [4.69, 9.17) is 9.84 Å². The van der Waals surface area contributed by atoms with E-state index in [1.54, 1.807) is 12.1 Å². The molecular weight excluding hydrogens is 366 g/mol. The average Bonchev–Trinajstić information content (AvgIpc) is 2.61. The highest BCUT2D eigenvalue weighted by Gasteiger charge is 2.33. The first-order valence-electron chi connectivity index (χ1n) is 9.18. The zero-order valence-corrected chi connectivity index (χ0v) is 17.1. The zero-order chi connectivity index (χ0) is 20.2. The number of hydrogen-bond acceptors (Lipinski definition) is 4. The Morgan fingerprint density at radius 3 is 2.44 bits per heavy atom. The number of allylic oxidation sites excluding steroid dienone is 1. The van der Waals surface area contributed by atoms with Gasteiger partial charge >= 0.3 is 5.97 Å². The Hall–Kier alpha value is -1.86. The molecule has 0 heterocycles. The van der Waals surface area contributed by atoms with Crippen molar-refractivity contribution in [1.82, 2.24) is 4.72 Å². The molecule has 27 heavy (non-hydrogen) atoms. The van der Waals surface area contributed by atoms with Crippen LogP contribution in [-0.2, 0) is 14.8 Å². The number of carboxylic acids is 1. The van der Waals surface area contributed by atoms with Crippen LogP contribution in [0.3, 0.4) is 0 Å². The van der Waals surface area contributed by atoms with E-state index >= 15 is 0 Å². The standard InChI is InChI=1S/C20H29NO5S/c1-13(2)19-10-15(11-20(22)23)14(3)9-16(19)12-21-27(24,25)18-7-5-17(26-4)6-8-18/h5-9,13,15-16,19,21H,10-12H2,1-4H3,(H,22,23). The maximum absolute atomic E-state index is 12.6. The van der Waals surface area contributed by atoms with E-state index in [0.29, 0.717) is 18.2 Å². The molecule has 7 heteroatoms. The number of hydrogen-bond donors (Lipinski definition) is 2. The third kappa shape index (κ3) is 5.56. The number of aliphatic carboxylic acids is 1. The molecule has 0 radical (unpaired) electrons. The number of carboxylic acid groups (broad SMARTS) is 1. The SMILES string of the molecule is COc1ccc(S(=O)(=O)NCC2C=C(C)C(CC(=O)O)CC2C(C)C)cc1. The minimum absolute atomic E-state index is 0.0179. The second kappa shape index (κ2) is 8.89. The van der Waals surface area contributed by atoms with Gasteiger partial charge in [0.25, 0.3) is 0 Å². The molecule has 150 valence electrons. The predicted molar refractivity (Wildman–Crippen MR) is 104 cm³/mol. The highest BCUT2D eigenvalue weighted by molar-refractivity contribution is 7.89. The molecule has 2 rings (SSSR count). The van der Waals surface area contributed by atoms with Crippen LogP contribution in [0.5, 0.6) is 5.75 Å². The third-order valence-electron chi connectivity index (χ3n) is 5.38. The summed E-state index contributed by atoms with van der Waals surface area (Å²) in [6, 6.07) is 6.27. The number of nitrogens with one attached hydrogen (secondary N) is 1. The van der Waals surface area contributed by atoms with Gasteiger partial charge in [-0.2, -0.15) is 0 Å². The molecule has 0 aliphatic heterocycles. The van der Waals surface area contributed by atoms with Crippen LogP contribution in [0.1, 0.15) is 33.6 Å². The minimum atomic E-state index is -3.61. The van der Waals surface area contributed by atoms with Crippen molar-refractivity contribution in [1.29, 1.82) is 0 Å². The van der Waals surface area contributed by atoms with Crippen LogP contribution in [-0.4, -0.2) is 33.1 Å². The van der Waals surface area contributed by atoms with Gasteiger partial charge in [0, 0.05) is 6.54 Å². The molecule has 1 aromatic carbocycles. The van der Waals surface area contributed by atoms with Crippen molar-refractivity contribution in [3.8, 4) is 5.75 Å². The van der Waals surface area contributed by atoms with E-state index in [-0.39, 0.29) is 29.1 Å². The molecular formula is C20H29NO5S. The topological polar surface area (TPSA) is 92.7 Å². The highest BCUT2D eigenvalue weighted by atomic mass is 32.2. The van der Waals surface area contributed by atoms with Crippen molar-refractivity contribution >= 4 is 16.0 Å². The normalized spacial score (nSPS) is 23.1. The molecule has 0 bridgehead atoms. The first kappa shape index (κ1) is 21.4. The molecule has 3 unspecified atom stereocenters. The van der Waals surface area contributed by atoms with Crippen molar-refractivity contribution in [2.75, 3.05) is 13.7 Å². The Morgan fingerprint density at radius 1 is 1.30 bits per heavy atom. The number of methoxy groups -OCH3 is 1. The van der Waals surface area contributed by atoms with Gasteiger partial charge in [-0.1, -0.05) is 25.5 Å². The Bertz CT molecular complexity index is 783. The van der Waals surface area contributed by atoms with Crippen molar-refractivity contribution in [2.45, 2.75) is 38.5 Å². The first-order chi connectivity index (χ1) is 12.6. The number of carbonyl (C=O) groups is 1. The van der Waals surface area contributed by atoms with Gasteiger partial charge < -0.3 is 9.84 Å². The zero-order valence-electron chi connectivity index (χ0n) is 16.3. The quantitative estimate of drug-likeness (QED) is 0.659. The fraction of sp³-hybridized carbons (Fsp3) is 0.550. The van der Waals surface area contributed by atoms with Crippen LogP contribution < -0.4 is 9.46 Å². The number of sulfonamides is 1. The fourth-order valence-corrected chi connectivity index (χ4v) is 4.84. The summed E-state index contributed by atoms with van der Waals surface area (Å²) in [7, 11) is -2.08. The lowest BCUT2D eigenvalue weighted by atomic mass is 9.70. The van der Waals surface area contributed by atoms with E-state index < -0.39 is 16.0 Å². The maximum atomic E-state index is 12.6. The van der Waals surface area contributed by atoms with Crippen molar-refractivity contribution < 1.29 is 23.1 Å². The van der Waals surface area contributed by atoms with Gasteiger partial charge in [0.2, 0.25) is 10.0 Å². The van der Waals surface area contributed by atoms with Gasteiger partial charge in [0.05, 0.1) is 18.4 Å². The van der Waals surface area contributed by atoms with Crippen LogP contribution in [0, 0.1) is 23.7 Å². The van der Waals surface area contributed by atoms with Crippen molar-refractivity contribution in [3.05, 3.63) is 35.9 Å². The van der Waals surface area contributed by atoms with E-state index in [0.717, 1.165) is 12.0 Å². The molecule has 2 N–H and O–H groups in total. The summed E-state index contributed by atoms with van der Waals surface area (Å²) in [5, 5.41) is 9.12. The highest BCUT2D eigenvalue weighted by Crippen LogP contribution is 2.38. The second-order valence-electron chi connectivity index (χ2n) is 7.54. The van der Waals surface area contributed by atoms with Crippen molar-refractivity contribution in [2.24, 2.45) is 23.7 Å². The van der Waals surface area contributed by atoms with Crippen LogP contribution >= 0.6 is 0 Å². The molecule has 1 aliphatic carbocycles. The maximum Gasteiger partial charge on any atom is 0.303 e. The van der Waals surface area contributed by atoms with Gasteiger partial charge in [0.15, 0.2) is 0 Å². The Labute approximate surface area is 161 Å². The number of benzene rings is 1. The largest absolute Gasteiger partial charge is 0.497 e. The summed E-state index contributed by atoms with van der Waals surface area (Å²) >= 11 is 0. The molecule has 3 atom stereocenters. The summed E-state index contributed by atoms with van der Waals surface area (Å²) in [6.45, 7) is 6.44. The predicted octanol–water partition coefficient (Wildman–Crippen LogP) is 3.30. The van der Waals surface area contributed by atoms with Gasteiger partial charge in [0.1, 0.15) is 5.75 Å². The molecule has 0 fully saturated rings. The van der Waals surface area contributed by atoms with Crippen LogP contribution in [0.2, 0.25) is 0 Å². The smallest absolute Gasteiger partial charge is 0.303 e. The molecule has 0 aromatic heterocycles. The van der Waals surface area contributed by atoms with E-state index in [9.17, 15) is 13.2 Å². The molecule has 0 spiro atoms. The Kier molecular flexibility index (Phi) is 7.06. The van der Waals surface area contributed by atoms with E-state index in [1.165, 1.54) is 19.2 Å². The average molecular weight is 396 g/mol. The lowest BCUT2D eigenvalue weighted by Crippen LogP contribution is -2.37. The number of ether oxygens (including phenoxy) is 1. The summed E-state index contributed by atoms with van der Waals surface area (Å²) < 4.78 is 33.0. The van der Waals surface area contributed by atoms with E-state index in [1.807, 2.05) is 6.92 Å². The molecule has 1 aliphatic rings. The summed E-state index contributed by atoms with van der Waals surface area (Å²) in [6.07, 6.45) is 2.94. The van der Waals surface area contributed by atoms with Crippen LogP contribution in [0.4, 0.5) is 0 Å². The van der Waals surface area contributed by atoms with Gasteiger partial charge in [-0.05, 0) is 61.3 Å². The minimum Gasteiger partial charge on any atom is -0.497 e. The summed E-state index contributed by atoms with van der Waals surface area (Å²) in [5.74, 6) is 0.434. The lowest BCUT2D eigenvalue weighted by Gasteiger charge is -2.36. The number of rotatable bonds is 8. The summed E-state index contributed by atoms with van der Waals surface area (Å²) in [5.41, 5.74) is 1.03. The molecule has 0 saturated carbocycles. The van der Waals surface area contributed by atoms with Gasteiger partial charge in [-0.3, -0.25) is 4.79 Å². The van der Waals surface area contributed by atoms with Gasteiger partial charge in [-0.15, -0.1) is 0 Å². The monoisotopic (exact) mass is 395 g/mol. The molecule has 0 saturated heterocycles. The first-order valence-corrected chi connectivity index (χ1v) is 10.7. The molecule has 1 aromatic rings. The molecule has 6 nitrogen and oxygen atoms in total. The van der Waals surface area contributed by atoms with Crippen molar-refractivity contribution in [3.63, 3.8) is 0 Å². The van der Waals surface area contributed by atoms with E-state index in [2.05, 4.69) is 24.6 Å². The summed E-state index contributed by atoms with van der Waals surface area (Å²) in [4.78, 5) is 11.3. The lowest BCUT2D eigenvalue weighted by molar-refractivity contribution is -0.138.